The van der Waals surface area contributed by atoms with Crippen LogP contribution in [0, 0.1) is 0 Å². The summed E-state index contributed by atoms with van der Waals surface area (Å²) in [4.78, 5) is 13.8. The molecule has 0 fully saturated rings. The minimum Gasteiger partial charge on any atom is -0.478 e. The Kier molecular flexibility index (Phi) is 5.08. The van der Waals surface area contributed by atoms with Crippen LogP contribution < -0.4 is 5.32 Å². The lowest BCUT2D eigenvalue weighted by Crippen LogP contribution is -2.16. The normalized spacial score (nSPS) is 11.3. The zero-order chi connectivity index (χ0) is 16.8. The van der Waals surface area contributed by atoms with Gasteiger partial charge in [-0.3, -0.25) is 0 Å². The quantitative estimate of drug-likeness (QED) is 0.460. The minimum absolute atomic E-state index is 0.797. The van der Waals surface area contributed by atoms with E-state index in [4.69, 9.17) is 5.11 Å². The molecule has 3 N–H and O–H groups in total. The van der Waals surface area contributed by atoms with E-state index in [0.29, 0.717) is 0 Å². The monoisotopic (exact) mass is 320 g/mol. The molecule has 4 heteroatoms. The van der Waals surface area contributed by atoms with Crippen molar-refractivity contribution in [2.24, 2.45) is 0 Å². The van der Waals surface area contributed by atoms with Gasteiger partial charge in [0, 0.05) is 29.7 Å². The van der Waals surface area contributed by atoms with Crippen LogP contribution in [0.1, 0.15) is 16.7 Å². The van der Waals surface area contributed by atoms with E-state index in [2.05, 4.69) is 34.7 Å². The lowest BCUT2D eigenvalue weighted by molar-refractivity contribution is -0.131. The van der Waals surface area contributed by atoms with Crippen LogP contribution in [-0.2, 0) is 17.8 Å². The summed E-state index contributed by atoms with van der Waals surface area (Å²) in [5.41, 5.74) is 4.58. The average molecular weight is 320 g/mol. The topological polar surface area (TPSA) is 65.1 Å². The van der Waals surface area contributed by atoms with E-state index in [9.17, 15) is 4.79 Å². The molecule has 24 heavy (non-hydrogen) atoms. The maximum atomic E-state index is 10.5. The molecule has 0 bridgehead atoms. The highest BCUT2D eigenvalue weighted by atomic mass is 16.4. The zero-order valence-corrected chi connectivity index (χ0v) is 13.3. The lowest BCUT2D eigenvalue weighted by Gasteiger charge is -2.05. The number of carboxylic acids is 1. The number of nitrogens with one attached hydrogen (secondary N) is 2. The highest BCUT2D eigenvalue weighted by Gasteiger charge is 2.02. The maximum absolute atomic E-state index is 10.5. The fourth-order valence-corrected chi connectivity index (χ4v) is 2.71. The van der Waals surface area contributed by atoms with Gasteiger partial charge in [-0.05, 0) is 41.8 Å². The number of carboxylic acid groups (broad SMARTS) is 1. The van der Waals surface area contributed by atoms with Crippen LogP contribution in [0.5, 0.6) is 0 Å². The predicted octanol–water partition coefficient (Wildman–Crippen LogP) is 3.60. The molecule has 122 valence electrons. The van der Waals surface area contributed by atoms with E-state index in [0.717, 1.165) is 31.1 Å². The van der Waals surface area contributed by atoms with E-state index in [-0.39, 0.29) is 0 Å². The van der Waals surface area contributed by atoms with Crippen molar-refractivity contribution in [1.82, 2.24) is 10.3 Å². The molecule has 3 rings (SSSR count). The maximum Gasteiger partial charge on any atom is 0.328 e. The first-order valence-corrected chi connectivity index (χ1v) is 7.98. The van der Waals surface area contributed by atoms with Crippen LogP contribution in [0.3, 0.4) is 0 Å². The van der Waals surface area contributed by atoms with Crippen LogP contribution in [0.4, 0.5) is 0 Å². The Morgan fingerprint density at radius 1 is 1.12 bits per heavy atom. The van der Waals surface area contributed by atoms with Gasteiger partial charge in [-0.2, -0.15) is 0 Å². The molecule has 0 aliphatic heterocycles. The molecule has 3 aromatic rings. The first-order chi connectivity index (χ1) is 11.7. The highest BCUT2D eigenvalue weighted by molar-refractivity contribution is 5.85. The minimum atomic E-state index is -0.932. The molecule has 1 heterocycles. The Labute approximate surface area is 140 Å². The smallest absolute Gasteiger partial charge is 0.328 e. The van der Waals surface area contributed by atoms with Crippen molar-refractivity contribution < 1.29 is 9.90 Å². The van der Waals surface area contributed by atoms with Crippen molar-refractivity contribution in [2.45, 2.75) is 13.0 Å². The standard InChI is InChI=1S/C20H20N2O2/c23-20(24)10-9-15-5-7-16(8-6-15)13-21-12-11-17-14-22-19-4-2-1-3-18(17)19/h1-10,14,21-22H,11-13H2,(H,23,24)/b10-9+. The number of hydrogen-bond acceptors (Lipinski definition) is 2. The second-order valence-electron chi connectivity index (χ2n) is 5.70. The van der Waals surface area contributed by atoms with E-state index in [1.807, 2.05) is 30.3 Å². The molecule has 4 nitrogen and oxygen atoms in total. The number of aliphatic carboxylic acids is 1. The molecular weight excluding hydrogens is 300 g/mol. The highest BCUT2D eigenvalue weighted by Crippen LogP contribution is 2.17. The zero-order valence-electron chi connectivity index (χ0n) is 13.3. The number of fused-ring (bicyclic) bond motifs is 1. The first-order valence-electron chi connectivity index (χ1n) is 7.98. The van der Waals surface area contributed by atoms with Gasteiger partial charge in [0.05, 0.1) is 0 Å². The van der Waals surface area contributed by atoms with Crippen LogP contribution >= 0.6 is 0 Å². The number of aromatic nitrogens is 1. The molecular formula is C20H20N2O2. The Balaban J connectivity index is 1.49. The third-order valence-corrected chi connectivity index (χ3v) is 3.97. The SMILES string of the molecule is O=C(O)/C=C/c1ccc(CNCCc2c[nH]c3ccccc23)cc1. The number of H-pyrrole nitrogens is 1. The van der Waals surface area contributed by atoms with Gasteiger partial charge in [0.2, 0.25) is 0 Å². The van der Waals surface area contributed by atoms with Crippen molar-refractivity contribution in [3.63, 3.8) is 0 Å². The second kappa shape index (κ2) is 7.62. The van der Waals surface area contributed by atoms with Gasteiger partial charge in [-0.15, -0.1) is 0 Å². The molecule has 0 atom stereocenters. The van der Waals surface area contributed by atoms with E-state index < -0.39 is 5.97 Å². The first kappa shape index (κ1) is 16.0. The fourth-order valence-electron chi connectivity index (χ4n) is 2.71. The summed E-state index contributed by atoms with van der Waals surface area (Å²) in [6, 6.07) is 16.2. The number of hydrogen-bond donors (Lipinski definition) is 3. The summed E-state index contributed by atoms with van der Waals surface area (Å²) in [7, 11) is 0. The molecule has 0 radical (unpaired) electrons. The summed E-state index contributed by atoms with van der Waals surface area (Å²) >= 11 is 0. The second-order valence-corrected chi connectivity index (χ2v) is 5.70. The van der Waals surface area contributed by atoms with E-state index in [1.165, 1.54) is 22.0 Å². The molecule has 0 unspecified atom stereocenters. The summed E-state index contributed by atoms with van der Waals surface area (Å²) in [6.45, 7) is 1.70. The van der Waals surface area contributed by atoms with Crippen LogP contribution in [0.2, 0.25) is 0 Å². The molecule has 0 saturated carbocycles. The Hall–Kier alpha value is -2.85. The Morgan fingerprint density at radius 2 is 1.92 bits per heavy atom. The summed E-state index contributed by atoms with van der Waals surface area (Å²) in [5, 5.41) is 13.4. The third-order valence-electron chi connectivity index (χ3n) is 3.97. The van der Waals surface area contributed by atoms with Crippen molar-refractivity contribution >= 4 is 22.9 Å². The molecule has 0 aliphatic rings. The average Bonchev–Trinajstić information content (AvgIpc) is 3.01. The number of para-hydroxylation sites is 1. The van der Waals surface area contributed by atoms with Gasteiger partial charge in [0.15, 0.2) is 0 Å². The predicted molar refractivity (Wildman–Crippen MR) is 96.8 cm³/mol. The van der Waals surface area contributed by atoms with Gasteiger partial charge >= 0.3 is 5.97 Å². The molecule has 0 saturated heterocycles. The summed E-state index contributed by atoms with van der Waals surface area (Å²) in [5.74, 6) is -0.932. The van der Waals surface area contributed by atoms with Crippen LogP contribution in [-0.4, -0.2) is 22.6 Å². The fraction of sp³-hybridized carbons (Fsp3) is 0.150. The number of aromatic amines is 1. The number of benzene rings is 2. The summed E-state index contributed by atoms with van der Waals surface area (Å²) < 4.78 is 0. The Bertz CT molecular complexity index is 847. The van der Waals surface area contributed by atoms with Crippen molar-refractivity contribution in [1.29, 1.82) is 0 Å². The van der Waals surface area contributed by atoms with E-state index >= 15 is 0 Å². The van der Waals surface area contributed by atoms with Crippen molar-refractivity contribution in [3.05, 3.63) is 77.5 Å². The van der Waals surface area contributed by atoms with Gasteiger partial charge in [-0.25, -0.2) is 4.79 Å². The Morgan fingerprint density at radius 3 is 2.71 bits per heavy atom. The van der Waals surface area contributed by atoms with E-state index in [1.54, 1.807) is 6.08 Å². The lowest BCUT2D eigenvalue weighted by atomic mass is 10.1. The largest absolute Gasteiger partial charge is 0.478 e. The van der Waals surface area contributed by atoms with Gasteiger partial charge in [0.25, 0.3) is 0 Å². The molecule has 2 aromatic carbocycles. The molecule has 0 amide bonds. The van der Waals surface area contributed by atoms with Gasteiger partial charge in [0.1, 0.15) is 0 Å². The molecule has 0 aliphatic carbocycles. The van der Waals surface area contributed by atoms with Crippen molar-refractivity contribution in [3.8, 4) is 0 Å². The summed E-state index contributed by atoms with van der Waals surface area (Å²) in [6.07, 6.45) is 5.80. The van der Waals surface area contributed by atoms with Crippen LogP contribution in [0.25, 0.3) is 17.0 Å². The van der Waals surface area contributed by atoms with Crippen LogP contribution in [0.15, 0.2) is 60.8 Å². The number of carbonyl (C=O) groups is 1. The number of rotatable bonds is 7. The third kappa shape index (κ3) is 4.12. The molecule has 0 spiro atoms. The van der Waals surface area contributed by atoms with Gasteiger partial charge < -0.3 is 15.4 Å². The van der Waals surface area contributed by atoms with Crippen molar-refractivity contribution in [2.75, 3.05) is 6.54 Å². The van der Waals surface area contributed by atoms with Gasteiger partial charge in [-0.1, -0.05) is 42.5 Å². The molecule has 1 aromatic heterocycles.